The predicted molar refractivity (Wildman–Crippen MR) is 27.2 cm³/mol. The van der Waals surface area contributed by atoms with E-state index in [4.69, 9.17) is 5.21 Å². The first-order valence-corrected chi connectivity index (χ1v) is 2.75. The fourth-order valence-corrected chi connectivity index (χ4v) is 0.811. The third-order valence-corrected chi connectivity index (χ3v) is 1.25. The summed E-state index contributed by atoms with van der Waals surface area (Å²) in [7, 11) is 0. The fourth-order valence-electron chi connectivity index (χ4n) is 0.811. The molecule has 0 atom stereocenters. The van der Waals surface area contributed by atoms with E-state index in [0.717, 1.165) is 6.08 Å². The molecule has 1 aliphatic heterocycles. The summed E-state index contributed by atoms with van der Waals surface area (Å²) < 4.78 is 35.2. The minimum absolute atomic E-state index is 0.0366. The summed E-state index contributed by atoms with van der Waals surface area (Å²) in [6.45, 7) is 0.0366. The molecule has 0 saturated carbocycles. The van der Waals surface area contributed by atoms with Gasteiger partial charge in [-0.2, -0.15) is 13.2 Å². The molecular formula is C5H6F3NO. The molecule has 0 fully saturated rings. The molecule has 1 heterocycles. The van der Waals surface area contributed by atoms with Gasteiger partial charge >= 0.3 is 6.18 Å². The maximum Gasteiger partial charge on any atom is 0.433 e. The van der Waals surface area contributed by atoms with E-state index in [2.05, 4.69) is 0 Å². The minimum atomic E-state index is -4.41. The Morgan fingerprint density at radius 3 is 2.30 bits per heavy atom. The van der Waals surface area contributed by atoms with E-state index < -0.39 is 11.9 Å². The number of hydrogen-bond acceptors (Lipinski definition) is 2. The Bertz CT molecular complexity index is 163. The summed E-state index contributed by atoms with van der Waals surface area (Å²) in [6, 6.07) is 0. The van der Waals surface area contributed by atoms with Gasteiger partial charge in [0.1, 0.15) is 5.70 Å². The summed E-state index contributed by atoms with van der Waals surface area (Å²) in [5.74, 6) is 0. The lowest BCUT2D eigenvalue weighted by molar-refractivity contribution is -0.158. The Hall–Kier alpha value is -0.710. The predicted octanol–water partition coefficient (Wildman–Crippen LogP) is 1.53. The Morgan fingerprint density at radius 2 is 2.10 bits per heavy atom. The first-order chi connectivity index (χ1) is 4.52. The zero-order chi connectivity index (χ0) is 7.78. The van der Waals surface area contributed by atoms with Crippen LogP contribution >= 0.6 is 0 Å². The molecule has 0 amide bonds. The van der Waals surface area contributed by atoms with Crippen LogP contribution in [0.4, 0.5) is 13.2 Å². The van der Waals surface area contributed by atoms with Crippen LogP contribution in [-0.4, -0.2) is 23.0 Å². The van der Waals surface area contributed by atoms with Crippen molar-refractivity contribution in [2.24, 2.45) is 0 Å². The summed E-state index contributed by atoms with van der Waals surface area (Å²) in [5, 5.41) is 8.79. The van der Waals surface area contributed by atoms with Gasteiger partial charge in [0.05, 0.1) is 0 Å². The van der Waals surface area contributed by atoms with Crippen LogP contribution in [0.2, 0.25) is 0 Å². The molecular weight excluding hydrogens is 147 g/mol. The maximum absolute atomic E-state index is 11.7. The smallest absolute Gasteiger partial charge is 0.288 e. The highest BCUT2D eigenvalue weighted by Gasteiger charge is 2.39. The minimum Gasteiger partial charge on any atom is -0.288 e. The largest absolute Gasteiger partial charge is 0.433 e. The number of hydroxylamine groups is 2. The zero-order valence-electron chi connectivity index (χ0n) is 5.02. The molecule has 0 aromatic heterocycles. The quantitative estimate of drug-likeness (QED) is 0.570. The van der Waals surface area contributed by atoms with Gasteiger partial charge in [0, 0.05) is 6.54 Å². The van der Waals surface area contributed by atoms with Crippen molar-refractivity contribution in [1.82, 2.24) is 5.06 Å². The highest BCUT2D eigenvalue weighted by Crippen LogP contribution is 2.30. The van der Waals surface area contributed by atoms with Gasteiger partial charge in [0.15, 0.2) is 0 Å². The fraction of sp³-hybridized carbons (Fsp3) is 0.600. The number of allylic oxidation sites excluding steroid dienone is 1. The van der Waals surface area contributed by atoms with Crippen LogP contribution in [0.25, 0.3) is 0 Å². The second-order valence-corrected chi connectivity index (χ2v) is 2.00. The Labute approximate surface area is 55.5 Å². The van der Waals surface area contributed by atoms with Crippen LogP contribution in [-0.2, 0) is 0 Å². The molecule has 0 aromatic carbocycles. The monoisotopic (exact) mass is 153 g/mol. The lowest BCUT2D eigenvalue weighted by Gasteiger charge is -2.15. The van der Waals surface area contributed by atoms with Gasteiger partial charge in [-0.3, -0.25) is 10.3 Å². The Balaban J connectivity index is 2.72. The lowest BCUT2D eigenvalue weighted by Crippen LogP contribution is -2.25. The molecule has 1 N–H and O–H groups in total. The van der Waals surface area contributed by atoms with E-state index in [0.29, 0.717) is 0 Å². The summed E-state index contributed by atoms with van der Waals surface area (Å²) in [5.41, 5.74) is -0.951. The van der Waals surface area contributed by atoms with Gasteiger partial charge < -0.3 is 0 Å². The molecule has 1 aliphatic rings. The molecule has 0 spiro atoms. The second kappa shape index (κ2) is 2.16. The molecule has 0 saturated heterocycles. The van der Waals surface area contributed by atoms with Crippen LogP contribution in [0.15, 0.2) is 11.8 Å². The summed E-state index contributed by atoms with van der Waals surface area (Å²) in [6.07, 6.45) is -3.18. The first kappa shape index (κ1) is 7.40. The number of nitrogens with zero attached hydrogens (tertiary/aromatic N) is 1. The third-order valence-electron chi connectivity index (χ3n) is 1.25. The lowest BCUT2D eigenvalue weighted by atomic mass is 10.4. The van der Waals surface area contributed by atoms with Gasteiger partial charge in [-0.05, 0) is 6.42 Å². The molecule has 0 unspecified atom stereocenters. The molecule has 0 bridgehead atoms. The normalized spacial score (nSPS) is 19.6. The molecule has 1 rings (SSSR count). The van der Waals surface area contributed by atoms with Gasteiger partial charge in [-0.25, -0.2) is 0 Å². The van der Waals surface area contributed by atoms with E-state index in [-0.39, 0.29) is 18.0 Å². The van der Waals surface area contributed by atoms with Gasteiger partial charge in [0.2, 0.25) is 0 Å². The number of hydrogen-bond donors (Lipinski definition) is 1. The third kappa shape index (κ3) is 1.23. The SMILES string of the molecule is ON1CCC=C1C(F)(F)F. The maximum atomic E-state index is 11.7. The summed E-state index contributed by atoms with van der Waals surface area (Å²) in [4.78, 5) is 0. The topological polar surface area (TPSA) is 23.5 Å². The Kier molecular flexibility index (Phi) is 1.60. The number of alkyl halides is 3. The first-order valence-electron chi connectivity index (χ1n) is 2.75. The molecule has 5 heteroatoms. The molecule has 0 radical (unpaired) electrons. The van der Waals surface area contributed by atoms with Gasteiger partial charge in [-0.1, -0.05) is 6.08 Å². The van der Waals surface area contributed by atoms with Crippen LogP contribution in [0.3, 0.4) is 0 Å². The molecule has 0 aromatic rings. The molecule has 10 heavy (non-hydrogen) atoms. The molecule has 58 valence electrons. The summed E-state index contributed by atoms with van der Waals surface area (Å²) >= 11 is 0. The van der Waals surface area contributed by atoms with E-state index in [1.54, 1.807) is 0 Å². The standard InChI is InChI=1S/C5H6F3NO/c6-5(7,8)4-2-1-3-9(4)10/h2,10H,1,3H2. The zero-order valence-corrected chi connectivity index (χ0v) is 5.02. The van der Waals surface area contributed by atoms with Crippen molar-refractivity contribution >= 4 is 0 Å². The van der Waals surface area contributed by atoms with Crippen LogP contribution in [0.5, 0.6) is 0 Å². The average Bonchev–Trinajstić information content (AvgIpc) is 2.11. The van der Waals surface area contributed by atoms with Crippen LogP contribution in [0.1, 0.15) is 6.42 Å². The highest BCUT2D eigenvalue weighted by molar-refractivity contribution is 5.10. The van der Waals surface area contributed by atoms with Crippen LogP contribution in [0, 0.1) is 0 Å². The van der Waals surface area contributed by atoms with Crippen molar-refractivity contribution < 1.29 is 18.4 Å². The van der Waals surface area contributed by atoms with Crippen molar-refractivity contribution in [2.45, 2.75) is 12.6 Å². The van der Waals surface area contributed by atoms with E-state index in [9.17, 15) is 13.2 Å². The highest BCUT2D eigenvalue weighted by atomic mass is 19.4. The van der Waals surface area contributed by atoms with Crippen molar-refractivity contribution in [2.75, 3.05) is 6.54 Å². The van der Waals surface area contributed by atoms with Crippen molar-refractivity contribution in [3.8, 4) is 0 Å². The average molecular weight is 153 g/mol. The number of halogens is 3. The number of rotatable bonds is 0. The molecule has 0 aliphatic carbocycles. The van der Waals surface area contributed by atoms with E-state index in [1.807, 2.05) is 0 Å². The molecule has 2 nitrogen and oxygen atoms in total. The van der Waals surface area contributed by atoms with Crippen LogP contribution < -0.4 is 0 Å². The van der Waals surface area contributed by atoms with Gasteiger partial charge in [0.25, 0.3) is 0 Å². The van der Waals surface area contributed by atoms with E-state index >= 15 is 0 Å². The van der Waals surface area contributed by atoms with Gasteiger partial charge in [-0.15, -0.1) is 0 Å². The second-order valence-electron chi connectivity index (χ2n) is 2.00. The van der Waals surface area contributed by atoms with Crippen molar-refractivity contribution in [3.63, 3.8) is 0 Å². The van der Waals surface area contributed by atoms with Crippen molar-refractivity contribution in [3.05, 3.63) is 11.8 Å². The Morgan fingerprint density at radius 1 is 1.50 bits per heavy atom. The van der Waals surface area contributed by atoms with Crippen molar-refractivity contribution in [1.29, 1.82) is 0 Å². The van der Waals surface area contributed by atoms with E-state index in [1.165, 1.54) is 0 Å².